The fourth-order valence-electron chi connectivity index (χ4n) is 2.23. The second-order valence-corrected chi connectivity index (χ2v) is 10.0. The van der Waals surface area contributed by atoms with Gasteiger partial charge in [-0.05, 0) is 48.5 Å². The van der Waals surface area contributed by atoms with Crippen LogP contribution in [0.3, 0.4) is 0 Å². The number of sulfonamides is 1. The Bertz CT molecular complexity index is 1010. The Morgan fingerprint density at radius 3 is 2.11 bits per heavy atom. The largest absolute Gasteiger partial charge is 0.497 e. The van der Waals surface area contributed by atoms with Gasteiger partial charge in [-0.3, -0.25) is 9.52 Å². The number of hydrogen-bond donors (Lipinski definition) is 2. The number of hydrogen-bond acceptors (Lipinski definition) is 6. The highest BCUT2D eigenvalue weighted by Crippen LogP contribution is 2.19. The van der Waals surface area contributed by atoms with E-state index < -0.39 is 25.8 Å². The molecule has 2 N–H and O–H groups in total. The summed E-state index contributed by atoms with van der Waals surface area (Å²) in [6, 6.07) is 11.8. The molecule has 0 unspecified atom stereocenters. The van der Waals surface area contributed by atoms with Crippen molar-refractivity contribution >= 4 is 31.5 Å². The van der Waals surface area contributed by atoms with Gasteiger partial charge in [0.2, 0.25) is 0 Å². The SMILES string of the molecule is CCS(=O)(=O)CCNC(=O)c1ccc(S(=O)(=O)Nc2ccc(OC)cc2)cc1. The summed E-state index contributed by atoms with van der Waals surface area (Å²) in [5.41, 5.74) is 0.608. The maximum Gasteiger partial charge on any atom is 0.261 e. The molecule has 8 nitrogen and oxygen atoms in total. The van der Waals surface area contributed by atoms with Crippen molar-refractivity contribution in [1.82, 2.24) is 5.32 Å². The van der Waals surface area contributed by atoms with Gasteiger partial charge in [0.05, 0.1) is 17.8 Å². The molecule has 0 radical (unpaired) electrons. The summed E-state index contributed by atoms with van der Waals surface area (Å²) in [5, 5.41) is 2.50. The van der Waals surface area contributed by atoms with E-state index >= 15 is 0 Å². The van der Waals surface area contributed by atoms with Crippen molar-refractivity contribution < 1.29 is 26.4 Å². The molecule has 1 amide bonds. The van der Waals surface area contributed by atoms with Gasteiger partial charge in [-0.2, -0.15) is 0 Å². The van der Waals surface area contributed by atoms with Gasteiger partial charge < -0.3 is 10.1 Å². The Balaban J connectivity index is 2.02. The quantitative estimate of drug-likeness (QED) is 0.629. The number of carbonyl (C=O) groups excluding carboxylic acids is 1. The van der Waals surface area contributed by atoms with Gasteiger partial charge in [0, 0.05) is 23.5 Å². The van der Waals surface area contributed by atoms with Crippen LogP contribution in [0.2, 0.25) is 0 Å². The predicted molar refractivity (Wildman–Crippen MR) is 107 cm³/mol. The summed E-state index contributed by atoms with van der Waals surface area (Å²) in [4.78, 5) is 12.0. The first kappa shape index (κ1) is 21.7. The van der Waals surface area contributed by atoms with Crippen molar-refractivity contribution in [2.24, 2.45) is 0 Å². The Morgan fingerprint density at radius 2 is 1.57 bits per heavy atom. The number of benzene rings is 2. The van der Waals surface area contributed by atoms with Crippen molar-refractivity contribution in [3.8, 4) is 5.75 Å². The van der Waals surface area contributed by atoms with Crippen LogP contribution in [0.1, 0.15) is 17.3 Å². The number of ether oxygens (including phenoxy) is 1. The molecule has 0 saturated heterocycles. The lowest BCUT2D eigenvalue weighted by atomic mass is 10.2. The molecule has 2 rings (SSSR count). The maximum atomic E-state index is 12.4. The summed E-state index contributed by atoms with van der Waals surface area (Å²) in [5.74, 6) is -0.00665. The van der Waals surface area contributed by atoms with Crippen LogP contribution in [-0.2, 0) is 19.9 Å². The van der Waals surface area contributed by atoms with E-state index in [-0.39, 0.29) is 28.5 Å². The molecule has 152 valence electrons. The van der Waals surface area contributed by atoms with Crippen LogP contribution in [-0.4, -0.2) is 47.9 Å². The van der Waals surface area contributed by atoms with Gasteiger partial charge in [-0.15, -0.1) is 0 Å². The molecule has 0 bridgehead atoms. The number of rotatable bonds is 9. The first-order valence-corrected chi connectivity index (χ1v) is 11.7. The van der Waals surface area contributed by atoms with Gasteiger partial charge in [-0.25, -0.2) is 16.8 Å². The predicted octanol–water partition coefficient (Wildman–Crippen LogP) is 1.66. The number of carbonyl (C=O) groups is 1. The van der Waals surface area contributed by atoms with Crippen LogP contribution in [0, 0.1) is 0 Å². The van der Waals surface area contributed by atoms with Gasteiger partial charge >= 0.3 is 0 Å². The van der Waals surface area contributed by atoms with E-state index in [0.29, 0.717) is 11.4 Å². The van der Waals surface area contributed by atoms with E-state index in [4.69, 9.17) is 4.74 Å². The average Bonchev–Trinajstić information content (AvgIpc) is 2.68. The molecule has 0 heterocycles. The molecule has 0 saturated carbocycles. The van der Waals surface area contributed by atoms with E-state index in [1.54, 1.807) is 24.3 Å². The molecule has 2 aromatic carbocycles. The summed E-state index contributed by atoms with van der Waals surface area (Å²) in [6.45, 7) is 1.53. The second kappa shape index (κ2) is 9.07. The van der Waals surface area contributed by atoms with Crippen LogP contribution in [0.25, 0.3) is 0 Å². The Kier molecular flexibility index (Phi) is 7.03. The third kappa shape index (κ3) is 5.96. The summed E-state index contributed by atoms with van der Waals surface area (Å²) in [7, 11) is -5.47. The molecule has 0 aromatic heterocycles. The topological polar surface area (TPSA) is 119 Å². The van der Waals surface area contributed by atoms with Crippen LogP contribution in [0.15, 0.2) is 53.4 Å². The monoisotopic (exact) mass is 426 g/mol. The van der Waals surface area contributed by atoms with E-state index in [2.05, 4.69) is 10.0 Å². The lowest BCUT2D eigenvalue weighted by Crippen LogP contribution is -2.29. The lowest BCUT2D eigenvalue weighted by Gasteiger charge is -2.10. The van der Waals surface area contributed by atoms with Gasteiger partial charge in [0.1, 0.15) is 5.75 Å². The molecule has 0 atom stereocenters. The number of sulfone groups is 1. The molecule has 0 aliphatic carbocycles. The van der Waals surface area contributed by atoms with Crippen molar-refractivity contribution in [3.63, 3.8) is 0 Å². The van der Waals surface area contributed by atoms with Crippen molar-refractivity contribution in [2.75, 3.05) is 29.9 Å². The summed E-state index contributed by atoms with van der Waals surface area (Å²) >= 11 is 0. The van der Waals surface area contributed by atoms with E-state index in [9.17, 15) is 21.6 Å². The molecule has 28 heavy (non-hydrogen) atoms. The molecule has 0 aliphatic rings. The first-order valence-electron chi connectivity index (χ1n) is 8.42. The molecule has 2 aromatic rings. The van der Waals surface area contributed by atoms with Crippen molar-refractivity contribution in [3.05, 3.63) is 54.1 Å². The third-order valence-corrected chi connectivity index (χ3v) is 7.01. The highest BCUT2D eigenvalue weighted by Gasteiger charge is 2.16. The Morgan fingerprint density at radius 1 is 0.964 bits per heavy atom. The second-order valence-electron chi connectivity index (χ2n) is 5.85. The minimum absolute atomic E-state index is 0.00587. The van der Waals surface area contributed by atoms with E-state index in [1.165, 1.54) is 38.3 Å². The normalized spacial score (nSPS) is 11.6. The zero-order valence-electron chi connectivity index (χ0n) is 15.5. The molecular formula is C18H22N2O6S2. The zero-order chi connectivity index (χ0) is 20.8. The van der Waals surface area contributed by atoms with E-state index in [1.807, 2.05) is 0 Å². The smallest absolute Gasteiger partial charge is 0.261 e. The van der Waals surface area contributed by atoms with Gasteiger partial charge in [0.15, 0.2) is 9.84 Å². The molecule has 10 heteroatoms. The lowest BCUT2D eigenvalue weighted by molar-refractivity contribution is 0.0956. The Hall–Kier alpha value is -2.59. The molecule has 0 aliphatic heterocycles. The molecule has 0 fully saturated rings. The fourth-order valence-corrected chi connectivity index (χ4v) is 3.99. The standard InChI is InChI=1S/C18H22N2O6S2/c1-3-27(22,23)13-12-19-18(21)14-4-10-17(11-5-14)28(24,25)20-15-6-8-16(26-2)9-7-15/h4-11,20H,3,12-13H2,1-2H3,(H,19,21). The number of nitrogens with one attached hydrogen (secondary N) is 2. The minimum atomic E-state index is -3.82. The molecule has 0 spiro atoms. The zero-order valence-corrected chi connectivity index (χ0v) is 17.1. The van der Waals surface area contributed by atoms with E-state index in [0.717, 1.165) is 0 Å². The maximum absolute atomic E-state index is 12.4. The van der Waals surface area contributed by atoms with Gasteiger partial charge in [-0.1, -0.05) is 6.92 Å². The van der Waals surface area contributed by atoms with Crippen LogP contribution >= 0.6 is 0 Å². The van der Waals surface area contributed by atoms with Crippen LogP contribution in [0.4, 0.5) is 5.69 Å². The van der Waals surface area contributed by atoms with Crippen LogP contribution < -0.4 is 14.8 Å². The average molecular weight is 427 g/mol. The number of amides is 1. The Labute approximate surface area is 164 Å². The third-order valence-electron chi connectivity index (χ3n) is 3.91. The number of anilines is 1. The van der Waals surface area contributed by atoms with Crippen molar-refractivity contribution in [2.45, 2.75) is 11.8 Å². The van der Waals surface area contributed by atoms with Crippen molar-refractivity contribution in [1.29, 1.82) is 0 Å². The summed E-state index contributed by atoms with van der Waals surface area (Å²) in [6.07, 6.45) is 0. The highest BCUT2D eigenvalue weighted by atomic mass is 32.2. The highest BCUT2D eigenvalue weighted by molar-refractivity contribution is 7.92. The summed E-state index contributed by atoms with van der Waals surface area (Å²) < 4.78 is 55.2. The minimum Gasteiger partial charge on any atom is -0.497 e. The van der Waals surface area contributed by atoms with Gasteiger partial charge in [0.25, 0.3) is 15.9 Å². The fraction of sp³-hybridized carbons (Fsp3) is 0.278. The number of methoxy groups -OCH3 is 1. The van der Waals surface area contributed by atoms with Crippen LogP contribution in [0.5, 0.6) is 5.75 Å². The molecular weight excluding hydrogens is 404 g/mol. The first-order chi connectivity index (χ1) is 13.2.